The molecule has 2 nitrogen and oxygen atoms in total. The van der Waals surface area contributed by atoms with Crippen LogP contribution in [0.4, 0.5) is 0 Å². The van der Waals surface area contributed by atoms with Crippen LogP contribution >= 0.6 is 11.6 Å². The van der Waals surface area contributed by atoms with Gasteiger partial charge in [-0.2, -0.15) is 0 Å². The smallest absolute Gasteiger partial charge is 0.0837 e. The van der Waals surface area contributed by atoms with Gasteiger partial charge in [-0.05, 0) is 42.4 Å². The molecule has 0 radical (unpaired) electrons. The van der Waals surface area contributed by atoms with Gasteiger partial charge in [-0.15, -0.1) is 0 Å². The third kappa shape index (κ3) is 1.87. The van der Waals surface area contributed by atoms with Gasteiger partial charge >= 0.3 is 0 Å². The van der Waals surface area contributed by atoms with Gasteiger partial charge in [-0.25, -0.2) is 0 Å². The van der Waals surface area contributed by atoms with Crippen molar-refractivity contribution in [3.05, 3.63) is 38.8 Å². The summed E-state index contributed by atoms with van der Waals surface area (Å²) in [6.07, 6.45) is 9.70. The topological polar surface area (TPSA) is 20.1 Å². The molecule has 0 aromatic rings. The summed E-state index contributed by atoms with van der Waals surface area (Å²) in [6.45, 7) is 2.63. The molecule has 3 aliphatic rings. The molecule has 0 amide bonds. The fourth-order valence-electron chi connectivity index (χ4n) is 3.56. The summed E-state index contributed by atoms with van der Waals surface area (Å²) in [5.41, 5.74) is 3.77. The van der Waals surface area contributed by atoms with Crippen LogP contribution in [0.25, 0.3) is 0 Å². The van der Waals surface area contributed by atoms with Crippen molar-refractivity contribution in [1.82, 2.24) is 0 Å². The second kappa shape index (κ2) is 4.65. The number of rotatable bonds is 2. The highest BCUT2D eigenvalue weighted by Crippen LogP contribution is 2.45. The summed E-state index contributed by atoms with van der Waals surface area (Å²) in [6, 6.07) is 0.175. The SMILES string of the molecule is CCCC1CC2CCC=C3C=C(Cl)C(=C32)C[N+]1=O. The van der Waals surface area contributed by atoms with E-state index in [2.05, 4.69) is 13.0 Å². The molecule has 0 N–H and O–H groups in total. The summed E-state index contributed by atoms with van der Waals surface area (Å²) in [4.78, 5) is 12.3. The molecule has 3 rings (SSSR count). The Balaban J connectivity index is 1.98. The maximum atomic E-state index is 12.3. The number of allylic oxidation sites excluding steroid dienone is 4. The number of nitroso groups, excluding NO2 is 1. The molecule has 96 valence electrons. The Morgan fingerprint density at radius 1 is 1.50 bits per heavy atom. The van der Waals surface area contributed by atoms with E-state index in [0.717, 1.165) is 36.3 Å². The van der Waals surface area contributed by atoms with E-state index in [-0.39, 0.29) is 6.04 Å². The van der Waals surface area contributed by atoms with Crippen LogP contribution in [0.15, 0.2) is 33.9 Å². The molecular formula is C15H19ClNO+. The Labute approximate surface area is 113 Å². The molecule has 2 atom stereocenters. The van der Waals surface area contributed by atoms with Crippen LogP contribution in [0, 0.1) is 10.8 Å². The molecule has 3 heteroatoms. The molecule has 0 spiro atoms. The van der Waals surface area contributed by atoms with Crippen molar-refractivity contribution >= 4 is 11.6 Å². The fourth-order valence-corrected chi connectivity index (χ4v) is 3.84. The highest BCUT2D eigenvalue weighted by molar-refractivity contribution is 6.33. The quantitative estimate of drug-likeness (QED) is 0.688. The van der Waals surface area contributed by atoms with Crippen molar-refractivity contribution in [2.75, 3.05) is 6.54 Å². The summed E-state index contributed by atoms with van der Waals surface area (Å²) >= 11 is 6.31. The lowest BCUT2D eigenvalue weighted by atomic mass is 9.80. The summed E-state index contributed by atoms with van der Waals surface area (Å²) < 4.78 is 1.27. The van der Waals surface area contributed by atoms with E-state index in [4.69, 9.17) is 11.6 Å². The van der Waals surface area contributed by atoms with Crippen molar-refractivity contribution in [2.45, 2.75) is 45.1 Å². The van der Waals surface area contributed by atoms with E-state index in [1.807, 2.05) is 6.08 Å². The first-order valence-electron chi connectivity index (χ1n) is 6.95. The Morgan fingerprint density at radius 3 is 3.11 bits per heavy atom. The highest BCUT2D eigenvalue weighted by Gasteiger charge is 2.40. The van der Waals surface area contributed by atoms with Crippen LogP contribution in [-0.2, 0) is 0 Å². The van der Waals surface area contributed by atoms with Gasteiger partial charge in [0.2, 0.25) is 12.6 Å². The summed E-state index contributed by atoms with van der Waals surface area (Å²) in [5, 5.41) is 0.793. The molecule has 0 bridgehead atoms. The van der Waals surface area contributed by atoms with Gasteiger partial charge in [-0.3, -0.25) is 0 Å². The van der Waals surface area contributed by atoms with Gasteiger partial charge in [0.15, 0.2) is 0 Å². The van der Waals surface area contributed by atoms with Crippen molar-refractivity contribution in [2.24, 2.45) is 5.92 Å². The van der Waals surface area contributed by atoms with Crippen LogP contribution in [0.5, 0.6) is 0 Å². The van der Waals surface area contributed by atoms with E-state index < -0.39 is 0 Å². The maximum Gasteiger partial charge on any atom is 0.219 e. The zero-order chi connectivity index (χ0) is 12.7. The maximum absolute atomic E-state index is 12.3. The lowest BCUT2D eigenvalue weighted by Gasteiger charge is -2.23. The monoisotopic (exact) mass is 264 g/mol. The molecule has 1 aliphatic heterocycles. The average molecular weight is 265 g/mol. The molecule has 0 aromatic carbocycles. The van der Waals surface area contributed by atoms with Crippen LogP contribution < -0.4 is 0 Å². The van der Waals surface area contributed by atoms with Crippen LogP contribution in [-0.4, -0.2) is 17.3 Å². The van der Waals surface area contributed by atoms with Gasteiger partial charge in [-0.1, -0.05) is 24.6 Å². The Kier molecular flexibility index (Phi) is 3.14. The number of hydrogen-bond donors (Lipinski definition) is 0. The van der Waals surface area contributed by atoms with Crippen LogP contribution in [0.1, 0.15) is 39.0 Å². The molecule has 18 heavy (non-hydrogen) atoms. The molecular weight excluding hydrogens is 246 g/mol. The highest BCUT2D eigenvalue weighted by atomic mass is 35.5. The van der Waals surface area contributed by atoms with E-state index in [0.29, 0.717) is 12.5 Å². The minimum absolute atomic E-state index is 0.175. The lowest BCUT2D eigenvalue weighted by Crippen LogP contribution is -2.26. The van der Waals surface area contributed by atoms with Crippen molar-refractivity contribution in [3.63, 3.8) is 0 Å². The summed E-state index contributed by atoms with van der Waals surface area (Å²) in [5.74, 6) is 0.544. The molecule has 0 saturated carbocycles. The van der Waals surface area contributed by atoms with Gasteiger partial charge in [0.05, 0.1) is 5.03 Å². The number of hydrogen-bond acceptors (Lipinski definition) is 1. The van der Waals surface area contributed by atoms with Gasteiger partial charge in [0, 0.05) is 28.1 Å². The second-order valence-electron chi connectivity index (χ2n) is 5.57. The zero-order valence-corrected chi connectivity index (χ0v) is 11.5. The van der Waals surface area contributed by atoms with E-state index in [1.54, 1.807) is 0 Å². The van der Waals surface area contributed by atoms with E-state index >= 15 is 0 Å². The standard InChI is InChI=1S/C15H19ClNO/c1-2-4-12-7-10-5-3-6-11-8-14(16)13(15(10)11)9-17(12)18/h6,8,10,12H,2-5,7,9H2,1H3/q+1. The first-order chi connectivity index (χ1) is 8.70. The molecule has 2 unspecified atom stereocenters. The van der Waals surface area contributed by atoms with Crippen LogP contribution in [0.2, 0.25) is 0 Å². The average Bonchev–Trinajstić information content (AvgIpc) is 2.57. The number of halogens is 1. The minimum atomic E-state index is 0.175. The van der Waals surface area contributed by atoms with Gasteiger partial charge < -0.3 is 0 Å². The Hall–Kier alpha value is -0.890. The van der Waals surface area contributed by atoms with Crippen molar-refractivity contribution < 1.29 is 4.76 Å². The molecule has 1 heterocycles. The zero-order valence-electron chi connectivity index (χ0n) is 10.8. The minimum Gasteiger partial charge on any atom is -0.0837 e. The van der Waals surface area contributed by atoms with E-state index in [9.17, 15) is 4.91 Å². The third-order valence-corrected chi connectivity index (χ3v) is 4.73. The van der Waals surface area contributed by atoms with E-state index in [1.165, 1.54) is 22.3 Å². The normalized spacial score (nSPS) is 30.9. The third-order valence-electron chi connectivity index (χ3n) is 4.39. The van der Waals surface area contributed by atoms with Crippen molar-refractivity contribution in [3.8, 4) is 0 Å². The van der Waals surface area contributed by atoms with Crippen molar-refractivity contribution in [1.29, 1.82) is 0 Å². The summed E-state index contributed by atoms with van der Waals surface area (Å²) in [7, 11) is 0. The first kappa shape index (κ1) is 12.2. The van der Waals surface area contributed by atoms with Crippen LogP contribution in [0.3, 0.4) is 0 Å². The predicted molar refractivity (Wildman–Crippen MR) is 73.6 cm³/mol. The lowest BCUT2D eigenvalue weighted by molar-refractivity contribution is -0.580. The largest absolute Gasteiger partial charge is 0.219 e. The van der Waals surface area contributed by atoms with Gasteiger partial charge in [0.25, 0.3) is 0 Å². The number of nitrogens with zero attached hydrogens (tertiary/aromatic N) is 1. The Morgan fingerprint density at radius 2 is 2.33 bits per heavy atom. The first-order valence-corrected chi connectivity index (χ1v) is 7.33. The molecule has 0 saturated heterocycles. The fraction of sp³-hybridized carbons (Fsp3) is 0.600. The Bertz CT molecular complexity index is 487. The predicted octanol–water partition coefficient (Wildman–Crippen LogP) is 4.11. The second-order valence-corrected chi connectivity index (χ2v) is 5.98. The molecule has 0 aromatic heterocycles. The molecule has 2 aliphatic carbocycles. The molecule has 0 fully saturated rings. The van der Waals surface area contributed by atoms with Gasteiger partial charge in [0.1, 0.15) is 0 Å².